The first-order valence-corrected chi connectivity index (χ1v) is 8.93. The highest BCUT2D eigenvalue weighted by Gasteiger charge is 2.37. The predicted octanol–water partition coefficient (Wildman–Crippen LogP) is 2.49. The maximum absolute atomic E-state index is 12.5. The van der Waals surface area contributed by atoms with Crippen LogP contribution in [0.4, 0.5) is 10.5 Å². The molecule has 1 atom stereocenters. The number of carbonyl (C=O) groups excluding carboxylic acids is 1. The number of piperidine rings is 3. The lowest BCUT2D eigenvalue weighted by atomic mass is 9.83. The number of hydrogen-bond donors (Lipinski definition) is 1. The van der Waals surface area contributed by atoms with E-state index < -0.39 is 0 Å². The quantitative estimate of drug-likeness (QED) is 0.940. The van der Waals surface area contributed by atoms with Gasteiger partial charge in [-0.15, -0.1) is 11.3 Å². The maximum Gasteiger partial charge on any atom is 0.321 e. The Hall–Kier alpha value is -1.86. The summed E-state index contributed by atoms with van der Waals surface area (Å²) >= 11 is 1.62. The minimum Gasteiger partial charge on any atom is -0.323 e. The number of urea groups is 1. The standard InChI is InChI=1S/C16H21N5OS/c1-19(14-11-20-6-4-12(14)5-7-20)16(22)18-13-9-17-21(10-13)15-3-2-8-23-15/h2-3,8-10,12,14H,4-7,11H2,1H3,(H,18,22)/t14-/m0/s1. The zero-order chi connectivity index (χ0) is 15.8. The second-order valence-corrected chi connectivity index (χ2v) is 7.30. The van der Waals surface area contributed by atoms with Gasteiger partial charge in [0.05, 0.1) is 18.1 Å². The topological polar surface area (TPSA) is 53.4 Å². The Morgan fingerprint density at radius 2 is 2.26 bits per heavy atom. The molecule has 122 valence electrons. The van der Waals surface area contributed by atoms with Crippen LogP contribution in [-0.2, 0) is 0 Å². The van der Waals surface area contributed by atoms with Gasteiger partial charge < -0.3 is 15.1 Å². The largest absolute Gasteiger partial charge is 0.323 e. The number of fused-ring (bicyclic) bond motifs is 3. The van der Waals surface area contributed by atoms with E-state index in [9.17, 15) is 4.79 Å². The van der Waals surface area contributed by atoms with E-state index in [0.717, 1.165) is 17.2 Å². The molecule has 0 saturated carbocycles. The normalized spacial score (nSPS) is 26.2. The SMILES string of the molecule is CN(C(=O)Nc1cnn(-c2cccs2)c1)[C@H]1CN2CCC1CC2. The lowest BCUT2D eigenvalue weighted by molar-refractivity contribution is 0.0336. The molecule has 2 aromatic rings. The summed E-state index contributed by atoms with van der Waals surface area (Å²) in [5.41, 5.74) is 0.733. The summed E-state index contributed by atoms with van der Waals surface area (Å²) in [5, 5.41) is 10.3. The van der Waals surface area contributed by atoms with Crippen molar-refractivity contribution in [1.29, 1.82) is 0 Å². The van der Waals surface area contributed by atoms with E-state index in [0.29, 0.717) is 12.0 Å². The highest BCUT2D eigenvalue weighted by Crippen LogP contribution is 2.30. The summed E-state index contributed by atoms with van der Waals surface area (Å²) in [5.74, 6) is 0.643. The molecule has 3 saturated heterocycles. The molecule has 3 aliphatic heterocycles. The zero-order valence-corrected chi connectivity index (χ0v) is 14.0. The van der Waals surface area contributed by atoms with Gasteiger partial charge in [-0.1, -0.05) is 0 Å². The molecule has 0 aromatic carbocycles. The Labute approximate surface area is 139 Å². The Balaban J connectivity index is 1.41. The molecular formula is C16H21N5OS. The molecule has 23 heavy (non-hydrogen) atoms. The van der Waals surface area contributed by atoms with Crippen molar-refractivity contribution in [2.75, 3.05) is 32.0 Å². The molecule has 6 nitrogen and oxygen atoms in total. The van der Waals surface area contributed by atoms with Crippen molar-refractivity contribution in [3.05, 3.63) is 29.9 Å². The average molecular weight is 331 g/mol. The van der Waals surface area contributed by atoms with Crippen molar-refractivity contribution < 1.29 is 4.79 Å². The van der Waals surface area contributed by atoms with E-state index in [1.54, 1.807) is 22.2 Å². The van der Waals surface area contributed by atoms with Crippen LogP contribution in [0.3, 0.4) is 0 Å². The van der Waals surface area contributed by atoms with E-state index >= 15 is 0 Å². The van der Waals surface area contributed by atoms with Gasteiger partial charge in [0, 0.05) is 19.6 Å². The fourth-order valence-corrected chi connectivity index (χ4v) is 4.30. The first kappa shape index (κ1) is 14.7. The van der Waals surface area contributed by atoms with Crippen molar-refractivity contribution >= 4 is 23.1 Å². The van der Waals surface area contributed by atoms with Gasteiger partial charge in [-0.05, 0) is 49.4 Å². The third-order valence-corrected chi connectivity index (χ3v) is 5.86. The zero-order valence-electron chi connectivity index (χ0n) is 13.2. The Morgan fingerprint density at radius 3 is 2.91 bits per heavy atom. The highest BCUT2D eigenvalue weighted by atomic mass is 32.1. The van der Waals surface area contributed by atoms with Gasteiger partial charge in [-0.25, -0.2) is 9.48 Å². The van der Waals surface area contributed by atoms with Gasteiger partial charge in [0.25, 0.3) is 0 Å². The number of nitrogens with zero attached hydrogens (tertiary/aromatic N) is 4. The number of amides is 2. The minimum absolute atomic E-state index is 0.0468. The first-order chi connectivity index (χ1) is 11.2. The second kappa shape index (κ2) is 5.98. The molecule has 0 radical (unpaired) electrons. The van der Waals surface area contributed by atoms with E-state index in [1.165, 1.54) is 25.9 Å². The van der Waals surface area contributed by atoms with Crippen LogP contribution in [0.5, 0.6) is 0 Å². The number of rotatable bonds is 3. The lowest BCUT2D eigenvalue weighted by Crippen LogP contribution is -2.58. The molecule has 2 aromatic heterocycles. The number of carbonyl (C=O) groups is 1. The third kappa shape index (κ3) is 2.86. The highest BCUT2D eigenvalue weighted by molar-refractivity contribution is 7.12. The van der Waals surface area contributed by atoms with Crippen LogP contribution in [-0.4, -0.2) is 58.3 Å². The molecule has 1 N–H and O–H groups in total. The van der Waals surface area contributed by atoms with Gasteiger partial charge in [0.1, 0.15) is 5.00 Å². The Morgan fingerprint density at radius 1 is 1.43 bits per heavy atom. The predicted molar refractivity (Wildman–Crippen MR) is 91.2 cm³/mol. The van der Waals surface area contributed by atoms with Gasteiger partial charge in [0.15, 0.2) is 0 Å². The summed E-state index contributed by atoms with van der Waals surface area (Å²) in [4.78, 5) is 16.9. The molecule has 0 spiro atoms. The molecule has 5 rings (SSSR count). The van der Waals surface area contributed by atoms with Crippen LogP contribution in [0, 0.1) is 5.92 Å². The van der Waals surface area contributed by atoms with Crippen molar-refractivity contribution in [3.63, 3.8) is 0 Å². The van der Waals surface area contributed by atoms with E-state index in [1.807, 2.05) is 35.7 Å². The van der Waals surface area contributed by atoms with Crippen molar-refractivity contribution in [3.8, 4) is 5.00 Å². The number of thiophene rings is 1. The summed E-state index contributed by atoms with van der Waals surface area (Å²) in [6, 6.07) is 4.27. The van der Waals surface area contributed by atoms with Crippen LogP contribution in [0.1, 0.15) is 12.8 Å². The van der Waals surface area contributed by atoms with Gasteiger partial charge >= 0.3 is 6.03 Å². The third-order valence-electron chi connectivity index (χ3n) is 5.01. The van der Waals surface area contributed by atoms with Crippen molar-refractivity contribution in [2.45, 2.75) is 18.9 Å². The second-order valence-electron chi connectivity index (χ2n) is 6.37. The fraction of sp³-hybridized carbons (Fsp3) is 0.500. The minimum atomic E-state index is -0.0468. The molecule has 2 amide bonds. The van der Waals surface area contributed by atoms with E-state index in [2.05, 4.69) is 15.3 Å². The summed E-state index contributed by atoms with van der Waals surface area (Å²) < 4.78 is 1.79. The number of anilines is 1. The Kier molecular flexibility index (Phi) is 3.82. The van der Waals surface area contributed by atoms with Gasteiger partial charge in [0.2, 0.25) is 0 Å². The lowest BCUT2D eigenvalue weighted by Gasteiger charge is -2.47. The molecule has 3 fully saturated rings. The fourth-order valence-electron chi connectivity index (χ4n) is 3.64. The molecule has 2 bridgehead atoms. The van der Waals surface area contributed by atoms with Crippen LogP contribution in [0.25, 0.3) is 5.00 Å². The number of nitrogens with one attached hydrogen (secondary N) is 1. The molecular weight excluding hydrogens is 310 g/mol. The van der Waals surface area contributed by atoms with Crippen molar-refractivity contribution in [1.82, 2.24) is 19.6 Å². The molecule has 0 aliphatic carbocycles. The van der Waals surface area contributed by atoms with E-state index in [-0.39, 0.29) is 6.03 Å². The molecule has 3 aliphatic rings. The molecule has 7 heteroatoms. The van der Waals surface area contributed by atoms with Gasteiger partial charge in [-0.2, -0.15) is 5.10 Å². The monoisotopic (exact) mass is 331 g/mol. The van der Waals surface area contributed by atoms with Crippen LogP contribution < -0.4 is 5.32 Å². The average Bonchev–Trinajstić information content (AvgIpc) is 3.26. The molecule has 0 unspecified atom stereocenters. The number of aromatic nitrogens is 2. The van der Waals surface area contributed by atoms with Crippen LogP contribution in [0.15, 0.2) is 29.9 Å². The van der Waals surface area contributed by atoms with Crippen molar-refractivity contribution in [2.24, 2.45) is 5.92 Å². The molecule has 5 heterocycles. The summed E-state index contributed by atoms with van der Waals surface area (Å²) in [6.45, 7) is 3.37. The summed E-state index contributed by atoms with van der Waals surface area (Å²) in [7, 11) is 1.91. The number of hydrogen-bond acceptors (Lipinski definition) is 4. The maximum atomic E-state index is 12.5. The Bertz CT molecular complexity index is 674. The van der Waals surface area contributed by atoms with Crippen LogP contribution >= 0.6 is 11.3 Å². The first-order valence-electron chi connectivity index (χ1n) is 8.05. The van der Waals surface area contributed by atoms with Crippen LogP contribution in [0.2, 0.25) is 0 Å². The smallest absolute Gasteiger partial charge is 0.321 e. The van der Waals surface area contributed by atoms with E-state index in [4.69, 9.17) is 0 Å². The number of likely N-dealkylation sites (N-methyl/N-ethyl adjacent to an activating group) is 1. The summed E-state index contributed by atoms with van der Waals surface area (Å²) in [6.07, 6.45) is 5.97. The van der Waals surface area contributed by atoms with Gasteiger partial charge in [-0.3, -0.25) is 0 Å².